The predicted octanol–water partition coefficient (Wildman–Crippen LogP) is 0.521. The second-order valence-electron chi connectivity index (χ2n) is 15.2. The summed E-state index contributed by atoms with van der Waals surface area (Å²) in [6.45, 7) is 8.70. The summed E-state index contributed by atoms with van der Waals surface area (Å²) >= 11 is 0. The molecule has 6 amide bonds. The molecule has 0 unspecified atom stereocenters. The molecule has 56 heavy (non-hydrogen) atoms. The molecule has 2 aromatic rings. The second-order valence-corrected chi connectivity index (χ2v) is 15.2. The molecule has 0 radical (unpaired) electrons. The normalized spacial score (nSPS) is 16.7. The number of aliphatic carboxylic acids is 1. The van der Waals surface area contributed by atoms with Crippen LogP contribution in [0.5, 0.6) is 0 Å². The number of rotatable bonds is 22. The Labute approximate surface area is 327 Å². The first-order valence-corrected chi connectivity index (χ1v) is 19.2. The summed E-state index contributed by atoms with van der Waals surface area (Å²) in [7, 11) is 1.65. The molecule has 1 aliphatic heterocycles. The molecule has 0 bridgehead atoms. The van der Waals surface area contributed by atoms with Crippen LogP contribution < -0.4 is 31.9 Å². The number of carboxylic acid groups (broad SMARTS) is 1. The van der Waals surface area contributed by atoms with Crippen molar-refractivity contribution in [2.45, 2.75) is 116 Å². The number of carbonyl (C=O) groups is 8. The summed E-state index contributed by atoms with van der Waals surface area (Å²) in [6.07, 6.45) is 3.71. The number of nitrogens with zero attached hydrogens (tertiary/aromatic N) is 1. The molecule has 1 aliphatic rings. The molecular weight excluding hydrogens is 724 g/mol. The number of aldehydes is 1. The molecule has 17 nitrogen and oxygen atoms in total. The Bertz CT molecular complexity index is 1710. The van der Waals surface area contributed by atoms with Crippen molar-refractivity contribution in [2.75, 3.05) is 20.1 Å². The molecule has 0 saturated carbocycles. The molecule has 6 atom stereocenters. The van der Waals surface area contributed by atoms with E-state index in [0.29, 0.717) is 32.1 Å². The maximum absolute atomic E-state index is 13.5. The number of para-hydroxylation sites is 1. The number of likely N-dealkylation sites (tertiary alicyclic amines) is 1. The number of hydrogen-bond donors (Lipinski definition) is 8. The lowest BCUT2D eigenvalue weighted by molar-refractivity contribution is -0.139. The molecule has 0 aliphatic carbocycles. The topological polar surface area (TPSA) is 248 Å². The van der Waals surface area contributed by atoms with Crippen LogP contribution in [0.4, 0.5) is 0 Å². The SMILES string of the molecule is CN[C@@H](Cc1c[nH]c2ccccc12)C(=O)N[C@@H](CC(C)C)C(=O)NCC(=O)N[C@@H](CCC(=O)O)C(=O)N[C@@H](CC(C)C)C(=O)N[C@@H](C)C(=O)N1CCC[C@H]1C=O. The predicted molar refractivity (Wildman–Crippen MR) is 208 cm³/mol. The van der Waals surface area contributed by atoms with Gasteiger partial charge in [-0.2, -0.15) is 0 Å². The number of fused-ring (bicyclic) bond motifs is 1. The summed E-state index contributed by atoms with van der Waals surface area (Å²) in [6, 6.07) is 1.97. The van der Waals surface area contributed by atoms with Gasteiger partial charge in [0.25, 0.3) is 0 Å². The second kappa shape index (κ2) is 21.7. The molecular formula is C39H58N8O9. The Morgan fingerprint density at radius 2 is 1.45 bits per heavy atom. The van der Waals surface area contributed by atoms with E-state index in [2.05, 4.69) is 36.9 Å². The highest BCUT2D eigenvalue weighted by Gasteiger charge is 2.34. The number of aromatic nitrogens is 1. The average molecular weight is 783 g/mol. The maximum atomic E-state index is 13.5. The lowest BCUT2D eigenvalue weighted by Gasteiger charge is -2.28. The van der Waals surface area contributed by atoms with E-state index in [1.54, 1.807) is 7.05 Å². The third kappa shape index (κ3) is 13.5. The van der Waals surface area contributed by atoms with Crippen molar-refractivity contribution >= 4 is 58.6 Å². The fraction of sp³-hybridized carbons (Fsp3) is 0.590. The third-order valence-corrected chi connectivity index (χ3v) is 9.63. The van der Waals surface area contributed by atoms with Gasteiger partial charge in [0, 0.05) is 30.1 Å². The molecule has 8 N–H and O–H groups in total. The average Bonchev–Trinajstić information content (AvgIpc) is 3.80. The fourth-order valence-electron chi connectivity index (χ4n) is 6.70. The highest BCUT2D eigenvalue weighted by Crippen LogP contribution is 2.20. The summed E-state index contributed by atoms with van der Waals surface area (Å²) in [5.41, 5.74) is 1.85. The lowest BCUT2D eigenvalue weighted by atomic mass is 10.0. The van der Waals surface area contributed by atoms with Crippen LogP contribution in [0.2, 0.25) is 0 Å². The van der Waals surface area contributed by atoms with Gasteiger partial charge in [0.2, 0.25) is 35.4 Å². The van der Waals surface area contributed by atoms with Crippen LogP contribution in [-0.2, 0) is 44.8 Å². The van der Waals surface area contributed by atoms with Crippen molar-refractivity contribution in [3.63, 3.8) is 0 Å². The first-order chi connectivity index (χ1) is 26.5. The Hall–Kier alpha value is -5.32. The molecule has 1 aromatic heterocycles. The monoisotopic (exact) mass is 782 g/mol. The summed E-state index contributed by atoms with van der Waals surface area (Å²) < 4.78 is 0. The van der Waals surface area contributed by atoms with E-state index < -0.39 is 90.6 Å². The van der Waals surface area contributed by atoms with Gasteiger partial charge in [-0.05, 0) is 76.0 Å². The van der Waals surface area contributed by atoms with Crippen molar-refractivity contribution in [1.29, 1.82) is 0 Å². The van der Waals surface area contributed by atoms with Crippen LogP contribution in [0.25, 0.3) is 10.9 Å². The Morgan fingerprint density at radius 3 is 2.05 bits per heavy atom. The van der Waals surface area contributed by atoms with Gasteiger partial charge in [-0.1, -0.05) is 45.9 Å². The van der Waals surface area contributed by atoms with Crippen LogP contribution in [0.15, 0.2) is 30.5 Å². The maximum Gasteiger partial charge on any atom is 0.303 e. The number of hydrogen-bond acceptors (Lipinski definition) is 9. The van der Waals surface area contributed by atoms with E-state index in [-0.39, 0.29) is 31.1 Å². The summed E-state index contributed by atoms with van der Waals surface area (Å²) in [5.74, 6) is -5.07. The van der Waals surface area contributed by atoms with Crippen molar-refractivity contribution < 1.29 is 43.5 Å². The first kappa shape index (κ1) is 45.1. The highest BCUT2D eigenvalue weighted by atomic mass is 16.4. The molecule has 308 valence electrons. The smallest absolute Gasteiger partial charge is 0.303 e. The summed E-state index contributed by atoms with van der Waals surface area (Å²) in [4.78, 5) is 107. The molecule has 3 rings (SSSR count). The van der Waals surface area contributed by atoms with E-state index in [1.807, 2.05) is 58.2 Å². The van der Waals surface area contributed by atoms with Gasteiger partial charge in [-0.3, -0.25) is 33.6 Å². The Balaban J connectivity index is 1.64. The van der Waals surface area contributed by atoms with Gasteiger partial charge < -0.3 is 51.7 Å². The van der Waals surface area contributed by atoms with Crippen LogP contribution in [0, 0.1) is 11.8 Å². The number of benzene rings is 1. The molecule has 17 heteroatoms. The van der Waals surface area contributed by atoms with Crippen LogP contribution >= 0.6 is 0 Å². The first-order valence-electron chi connectivity index (χ1n) is 19.2. The van der Waals surface area contributed by atoms with Gasteiger partial charge in [0.05, 0.1) is 18.6 Å². The van der Waals surface area contributed by atoms with Crippen LogP contribution in [-0.4, -0.2) is 119 Å². The molecule has 1 saturated heterocycles. The van der Waals surface area contributed by atoms with Gasteiger partial charge in [-0.25, -0.2) is 0 Å². The van der Waals surface area contributed by atoms with E-state index in [9.17, 15) is 43.5 Å². The molecule has 2 heterocycles. The van der Waals surface area contributed by atoms with Crippen molar-refractivity contribution in [3.8, 4) is 0 Å². The van der Waals surface area contributed by atoms with Gasteiger partial charge in [0.15, 0.2) is 0 Å². The quantitative estimate of drug-likeness (QED) is 0.0770. The zero-order valence-electron chi connectivity index (χ0n) is 33.1. The van der Waals surface area contributed by atoms with Crippen molar-refractivity contribution in [3.05, 3.63) is 36.0 Å². The third-order valence-electron chi connectivity index (χ3n) is 9.63. The van der Waals surface area contributed by atoms with E-state index in [0.717, 1.165) is 16.5 Å². The van der Waals surface area contributed by atoms with Crippen LogP contribution in [0.1, 0.15) is 78.7 Å². The number of carbonyl (C=O) groups excluding carboxylic acids is 7. The number of likely N-dealkylation sites (N-methyl/N-ethyl adjacent to an activating group) is 1. The zero-order valence-corrected chi connectivity index (χ0v) is 33.1. The van der Waals surface area contributed by atoms with Crippen molar-refractivity contribution in [2.24, 2.45) is 11.8 Å². The molecule has 0 spiro atoms. The van der Waals surface area contributed by atoms with Crippen LogP contribution in [0.3, 0.4) is 0 Å². The lowest BCUT2D eigenvalue weighted by Crippen LogP contribution is -2.58. The fourth-order valence-corrected chi connectivity index (χ4v) is 6.70. The minimum absolute atomic E-state index is 0.00352. The minimum Gasteiger partial charge on any atom is -0.481 e. The van der Waals surface area contributed by atoms with Gasteiger partial charge >= 0.3 is 5.97 Å². The zero-order chi connectivity index (χ0) is 41.5. The number of aromatic amines is 1. The molecule has 1 aromatic carbocycles. The standard InChI is InChI=1S/C39H58N8O9/c1-22(2)16-31(45-37(54)30(40-6)18-25-19-41-28-12-8-7-11-27(25)28)35(52)42-20-33(49)44-29(13-14-34(50)51)36(53)46-32(17-23(3)4)38(55)43-24(5)39(56)47-15-9-10-26(47)21-48/h7-8,11-12,19,21-24,26,29-32,40-41H,9-10,13-18,20H2,1-6H3,(H,42,52)(H,43,55)(H,44,49)(H,45,54)(H,46,53)(H,50,51)/t24-,26-,29-,30-,31-,32-/m0/s1. The Kier molecular flexibility index (Phi) is 17.5. The largest absolute Gasteiger partial charge is 0.481 e. The van der Waals surface area contributed by atoms with E-state index in [1.165, 1.54) is 11.8 Å². The minimum atomic E-state index is -1.39. The van der Waals surface area contributed by atoms with Gasteiger partial charge in [-0.15, -0.1) is 0 Å². The number of carboxylic acids is 1. The number of nitrogens with one attached hydrogen (secondary N) is 7. The van der Waals surface area contributed by atoms with Gasteiger partial charge in [0.1, 0.15) is 30.5 Å². The Morgan fingerprint density at radius 1 is 0.839 bits per heavy atom. The van der Waals surface area contributed by atoms with E-state index in [4.69, 9.17) is 0 Å². The molecule has 1 fully saturated rings. The number of amides is 6. The number of H-pyrrole nitrogens is 1. The van der Waals surface area contributed by atoms with Crippen molar-refractivity contribution in [1.82, 2.24) is 41.8 Å². The highest BCUT2D eigenvalue weighted by molar-refractivity contribution is 5.96. The summed E-state index contributed by atoms with van der Waals surface area (Å²) in [5, 5.41) is 26.3. The van der Waals surface area contributed by atoms with E-state index >= 15 is 0 Å².